The molecule has 0 spiro atoms. The minimum absolute atomic E-state index is 0.228. The van der Waals surface area contributed by atoms with Crippen molar-refractivity contribution in [2.75, 3.05) is 30.9 Å². The Bertz CT molecular complexity index is 626. The number of ether oxygens (including phenoxy) is 1. The van der Waals surface area contributed by atoms with Gasteiger partial charge in [-0.3, -0.25) is 4.79 Å². The predicted octanol–water partition coefficient (Wildman–Crippen LogP) is 2.97. The van der Waals surface area contributed by atoms with Crippen molar-refractivity contribution in [2.24, 2.45) is 0 Å². The van der Waals surface area contributed by atoms with Crippen LogP contribution in [0.1, 0.15) is 30.1 Å². The molecule has 23 heavy (non-hydrogen) atoms. The van der Waals surface area contributed by atoms with Crippen LogP contribution in [0, 0.1) is 0 Å². The second kappa shape index (κ2) is 8.12. The molecular formula is C17H22N4O2. The molecule has 1 heterocycles. The molecule has 0 saturated heterocycles. The number of carbonyl (C=O) groups excluding carboxylic acids is 1. The molecule has 1 N–H and O–H groups in total. The summed E-state index contributed by atoms with van der Waals surface area (Å²) in [6.07, 6.45) is 2.24. The number of hydrogen-bond acceptors (Lipinski definition) is 5. The SMILES string of the molecule is CCCCN(C)c1ccc(NC(=O)c2ccc(OC)cc2)nn1. The highest BCUT2D eigenvalue weighted by atomic mass is 16.5. The Hall–Kier alpha value is -2.63. The predicted molar refractivity (Wildman–Crippen MR) is 91.2 cm³/mol. The van der Waals surface area contributed by atoms with E-state index < -0.39 is 0 Å². The number of hydrogen-bond donors (Lipinski definition) is 1. The lowest BCUT2D eigenvalue weighted by molar-refractivity contribution is 0.102. The summed E-state index contributed by atoms with van der Waals surface area (Å²) < 4.78 is 5.07. The minimum Gasteiger partial charge on any atom is -0.497 e. The zero-order valence-corrected chi connectivity index (χ0v) is 13.7. The van der Waals surface area contributed by atoms with Crippen LogP contribution >= 0.6 is 0 Å². The van der Waals surface area contributed by atoms with E-state index in [9.17, 15) is 4.79 Å². The third kappa shape index (κ3) is 4.67. The van der Waals surface area contributed by atoms with Gasteiger partial charge in [-0.25, -0.2) is 0 Å². The molecule has 2 aromatic rings. The van der Waals surface area contributed by atoms with Crippen LogP contribution in [-0.4, -0.2) is 36.8 Å². The van der Waals surface area contributed by atoms with Gasteiger partial charge in [0.25, 0.3) is 5.91 Å². The Morgan fingerprint density at radius 2 is 1.91 bits per heavy atom. The number of methoxy groups -OCH3 is 1. The average molecular weight is 314 g/mol. The van der Waals surface area contributed by atoms with Gasteiger partial charge in [0.1, 0.15) is 5.75 Å². The van der Waals surface area contributed by atoms with Gasteiger partial charge in [-0.15, -0.1) is 10.2 Å². The maximum atomic E-state index is 12.1. The molecule has 0 aliphatic heterocycles. The molecule has 6 heteroatoms. The first kappa shape index (κ1) is 16.7. The van der Waals surface area contributed by atoms with Crippen molar-refractivity contribution in [3.05, 3.63) is 42.0 Å². The highest BCUT2D eigenvalue weighted by Gasteiger charge is 2.08. The molecule has 0 saturated carbocycles. The zero-order chi connectivity index (χ0) is 16.7. The van der Waals surface area contributed by atoms with Crippen molar-refractivity contribution >= 4 is 17.5 Å². The summed E-state index contributed by atoms with van der Waals surface area (Å²) in [6, 6.07) is 10.5. The smallest absolute Gasteiger partial charge is 0.256 e. The average Bonchev–Trinajstić information content (AvgIpc) is 2.60. The highest BCUT2D eigenvalue weighted by Crippen LogP contribution is 2.14. The molecule has 6 nitrogen and oxygen atoms in total. The van der Waals surface area contributed by atoms with Crippen molar-refractivity contribution < 1.29 is 9.53 Å². The zero-order valence-electron chi connectivity index (χ0n) is 13.7. The Balaban J connectivity index is 1.98. The topological polar surface area (TPSA) is 67.4 Å². The molecule has 1 aromatic heterocycles. The van der Waals surface area contributed by atoms with Gasteiger partial charge < -0.3 is 15.0 Å². The molecule has 0 fully saturated rings. The van der Waals surface area contributed by atoms with Gasteiger partial charge in [0, 0.05) is 19.2 Å². The van der Waals surface area contributed by atoms with Crippen LogP contribution in [-0.2, 0) is 0 Å². The Morgan fingerprint density at radius 3 is 2.48 bits per heavy atom. The van der Waals surface area contributed by atoms with Gasteiger partial charge in [-0.1, -0.05) is 13.3 Å². The molecule has 2 rings (SSSR count). The van der Waals surface area contributed by atoms with Crippen LogP contribution in [0.5, 0.6) is 5.75 Å². The van der Waals surface area contributed by atoms with Crippen LogP contribution in [0.3, 0.4) is 0 Å². The van der Waals surface area contributed by atoms with Gasteiger partial charge in [0.2, 0.25) is 0 Å². The Kier molecular flexibility index (Phi) is 5.91. The van der Waals surface area contributed by atoms with Gasteiger partial charge in [0.05, 0.1) is 7.11 Å². The van der Waals surface area contributed by atoms with Gasteiger partial charge in [-0.2, -0.15) is 0 Å². The van der Waals surface area contributed by atoms with Crippen LogP contribution in [0.25, 0.3) is 0 Å². The molecule has 0 unspecified atom stereocenters. The summed E-state index contributed by atoms with van der Waals surface area (Å²) in [6.45, 7) is 3.08. The van der Waals surface area contributed by atoms with E-state index in [0.29, 0.717) is 17.1 Å². The van der Waals surface area contributed by atoms with Crippen LogP contribution in [0.2, 0.25) is 0 Å². The lowest BCUT2D eigenvalue weighted by Crippen LogP contribution is -2.20. The first-order chi connectivity index (χ1) is 11.1. The van der Waals surface area contributed by atoms with Crippen molar-refractivity contribution in [2.45, 2.75) is 19.8 Å². The number of anilines is 2. The lowest BCUT2D eigenvalue weighted by Gasteiger charge is -2.17. The molecule has 122 valence electrons. The number of benzene rings is 1. The fourth-order valence-electron chi connectivity index (χ4n) is 2.04. The van der Waals surface area contributed by atoms with Gasteiger partial charge in [0.15, 0.2) is 11.6 Å². The third-order valence-corrected chi connectivity index (χ3v) is 3.48. The quantitative estimate of drug-likeness (QED) is 0.851. The van der Waals surface area contributed by atoms with E-state index in [1.54, 1.807) is 37.4 Å². The number of amides is 1. The fourth-order valence-corrected chi connectivity index (χ4v) is 2.04. The molecule has 0 atom stereocenters. The van der Waals surface area contributed by atoms with E-state index in [1.807, 2.05) is 18.0 Å². The molecule has 0 bridgehead atoms. The minimum atomic E-state index is -0.228. The summed E-state index contributed by atoms with van der Waals surface area (Å²) in [5.74, 6) is 1.70. The lowest BCUT2D eigenvalue weighted by atomic mass is 10.2. The van der Waals surface area contributed by atoms with Crippen molar-refractivity contribution in [1.29, 1.82) is 0 Å². The first-order valence-electron chi connectivity index (χ1n) is 7.64. The monoisotopic (exact) mass is 314 g/mol. The van der Waals surface area contributed by atoms with Crippen molar-refractivity contribution in [3.63, 3.8) is 0 Å². The third-order valence-electron chi connectivity index (χ3n) is 3.48. The summed E-state index contributed by atoms with van der Waals surface area (Å²) in [4.78, 5) is 14.2. The summed E-state index contributed by atoms with van der Waals surface area (Å²) in [5, 5.41) is 10.9. The maximum Gasteiger partial charge on any atom is 0.256 e. The van der Waals surface area contributed by atoms with E-state index >= 15 is 0 Å². The summed E-state index contributed by atoms with van der Waals surface area (Å²) in [7, 11) is 3.57. The Morgan fingerprint density at radius 1 is 1.17 bits per heavy atom. The van der Waals surface area contributed by atoms with Crippen LogP contribution in [0.4, 0.5) is 11.6 Å². The molecule has 0 radical (unpaired) electrons. The number of aromatic nitrogens is 2. The van der Waals surface area contributed by atoms with Gasteiger partial charge >= 0.3 is 0 Å². The Labute approximate surface area is 136 Å². The van der Waals surface area contributed by atoms with Gasteiger partial charge in [-0.05, 0) is 42.8 Å². The molecule has 0 aliphatic carbocycles. The number of unbranched alkanes of at least 4 members (excludes halogenated alkanes) is 1. The number of carbonyl (C=O) groups is 1. The molecule has 1 aromatic carbocycles. The molecule has 0 aliphatic rings. The van der Waals surface area contributed by atoms with Crippen LogP contribution in [0.15, 0.2) is 36.4 Å². The summed E-state index contributed by atoms with van der Waals surface area (Å²) >= 11 is 0. The second-order valence-electron chi connectivity index (χ2n) is 5.23. The van der Waals surface area contributed by atoms with Crippen LogP contribution < -0.4 is 15.0 Å². The highest BCUT2D eigenvalue weighted by molar-refractivity contribution is 6.03. The largest absolute Gasteiger partial charge is 0.497 e. The number of nitrogens with one attached hydrogen (secondary N) is 1. The van der Waals surface area contributed by atoms with Crippen molar-refractivity contribution in [1.82, 2.24) is 10.2 Å². The van der Waals surface area contributed by atoms with E-state index in [-0.39, 0.29) is 5.91 Å². The fraction of sp³-hybridized carbons (Fsp3) is 0.353. The molecule has 1 amide bonds. The number of rotatable bonds is 7. The molecular weight excluding hydrogens is 292 g/mol. The van der Waals surface area contributed by atoms with E-state index in [4.69, 9.17) is 4.74 Å². The van der Waals surface area contributed by atoms with E-state index in [1.165, 1.54) is 0 Å². The second-order valence-corrected chi connectivity index (χ2v) is 5.23. The standard InChI is InChI=1S/C17H22N4O2/c1-4-5-12-21(2)16-11-10-15(19-20-16)18-17(22)13-6-8-14(23-3)9-7-13/h6-11H,4-5,12H2,1-3H3,(H,18,19,22). The normalized spacial score (nSPS) is 10.2. The van der Waals surface area contributed by atoms with Crippen molar-refractivity contribution in [3.8, 4) is 5.75 Å². The summed E-state index contributed by atoms with van der Waals surface area (Å²) in [5.41, 5.74) is 0.539. The maximum absolute atomic E-state index is 12.1. The number of nitrogens with zero attached hydrogens (tertiary/aromatic N) is 3. The van der Waals surface area contributed by atoms with E-state index in [2.05, 4.69) is 22.4 Å². The first-order valence-corrected chi connectivity index (χ1v) is 7.64. The van der Waals surface area contributed by atoms with E-state index in [0.717, 1.165) is 25.2 Å².